The van der Waals surface area contributed by atoms with E-state index in [-0.39, 0.29) is 41.5 Å². The molecule has 136 valence electrons. The normalized spacial score (nSPS) is 11.6. The third-order valence-electron chi connectivity index (χ3n) is 2.93. The van der Waals surface area contributed by atoms with Crippen molar-refractivity contribution < 1.29 is 22.3 Å². The predicted octanol–water partition coefficient (Wildman–Crippen LogP) is 4.31. The minimum Gasteiger partial charge on any atom is -0.406 e. The van der Waals surface area contributed by atoms with Crippen molar-refractivity contribution >= 4 is 35.6 Å². The number of benzene rings is 2. The molecule has 0 amide bonds. The first-order valence-corrected chi connectivity index (χ1v) is 6.99. The Hall–Kier alpha value is -2.04. The molecule has 0 aliphatic heterocycles. The Bertz CT molecular complexity index is 705. The van der Waals surface area contributed by atoms with Gasteiger partial charge >= 0.3 is 6.36 Å². The standard InChI is InChI=1S/C16H15F4N3O.HI/c17-12-3-1-2-11(10-12)8-9-22-15(21)23-13-4-6-14(7-5-13)24-16(18,19)20;/h1-7,10H,8-9H2,(H3,21,22,23);1H. The zero-order chi connectivity index (χ0) is 17.6. The number of halogens is 5. The number of hydrogen-bond acceptors (Lipinski definition) is 2. The fourth-order valence-corrected chi connectivity index (χ4v) is 1.93. The van der Waals surface area contributed by atoms with Crippen molar-refractivity contribution in [2.75, 3.05) is 11.9 Å². The molecular formula is C16H16F4IN3O. The molecule has 0 heterocycles. The summed E-state index contributed by atoms with van der Waals surface area (Å²) in [6.45, 7) is 0.345. The van der Waals surface area contributed by atoms with Gasteiger partial charge in [-0.05, 0) is 48.4 Å². The van der Waals surface area contributed by atoms with Gasteiger partial charge in [0.15, 0.2) is 5.96 Å². The Morgan fingerprint density at radius 1 is 1.12 bits per heavy atom. The van der Waals surface area contributed by atoms with E-state index >= 15 is 0 Å². The van der Waals surface area contributed by atoms with Crippen LogP contribution in [0.2, 0.25) is 0 Å². The number of guanidine groups is 1. The lowest BCUT2D eigenvalue weighted by molar-refractivity contribution is -0.274. The summed E-state index contributed by atoms with van der Waals surface area (Å²) in [7, 11) is 0. The number of rotatable bonds is 5. The summed E-state index contributed by atoms with van der Waals surface area (Å²) in [4.78, 5) is 4.08. The van der Waals surface area contributed by atoms with Crippen molar-refractivity contribution in [3.63, 3.8) is 0 Å². The molecule has 0 aliphatic rings. The highest BCUT2D eigenvalue weighted by Crippen LogP contribution is 2.23. The van der Waals surface area contributed by atoms with Crippen molar-refractivity contribution in [2.45, 2.75) is 12.8 Å². The quantitative estimate of drug-likeness (QED) is 0.297. The maximum Gasteiger partial charge on any atom is 0.573 e. The van der Waals surface area contributed by atoms with E-state index in [0.717, 1.165) is 17.7 Å². The zero-order valence-electron chi connectivity index (χ0n) is 12.9. The second kappa shape index (κ2) is 9.44. The van der Waals surface area contributed by atoms with Gasteiger partial charge in [-0.3, -0.25) is 4.99 Å². The Morgan fingerprint density at radius 2 is 1.80 bits per heavy atom. The third kappa shape index (κ3) is 8.05. The number of nitrogens with one attached hydrogen (secondary N) is 1. The van der Waals surface area contributed by atoms with Crippen LogP contribution in [0.1, 0.15) is 5.56 Å². The van der Waals surface area contributed by atoms with Crippen LogP contribution < -0.4 is 15.8 Å². The van der Waals surface area contributed by atoms with E-state index in [1.807, 2.05) is 0 Å². The molecule has 0 atom stereocenters. The molecule has 0 radical (unpaired) electrons. The second-order valence-electron chi connectivity index (χ2n) is 4.84. The van der Waals surface area contributed by atoms with Crippen LogP contribution in [0.5, 0.6) is 5.75 Å². The lowest BCUT2D eigenvalue weighted by atomic mass is 10.1. The molecule has 25 heavy (non-hydrogen) atoms. The Balaban J connectivity index is 0.00000312. The smallest absolute Gasteiger partial charge is 0.406 e. The Morgan fingerprint density at radius 3 is 2.40 bits per heavy atom. The molecule has 2 rings (SSSR count). The topological polar surface area (TPSA) is 59.6 Å². The van der Waals surface area contributed by atoms with Gasteiger partial charge < -0.3 is 15.8 Å². The largest absolute Gasteiger partial charge is 0.573 e. The zero-order valence-corrected chi connectivity index (χ0v) is 15.2. The first-order chi connectivity index (χ1) is 11.3. The summed E-state index contributed by atoms with van der Waals surface area (Å²) in [5.41, 5.74) is 6.95. The monoisotopic (exact) mass is 469 g/mol. The summed E-state index contributed by atoms with van der Waals surface area (Å²) < 4.78 is 53.0. The van der Waals surface area contributed by atoms with Gasteiger partial charge in [0.25, 0.3) is 0 Å². The summed E-state index contributed by atoms with van der Waals surface area (Å²) >= 11 is 0. The first kappa shape index (κ1) is 21.0. The van der Waals surface area contributed by atoms with Gasteiger partial charge in [0, 0.05) is 12.2 Å². The van der Waals surface area contributed by atoms with E-state index < -0.39 is 6.36 Å². The molecule has 0 unspecified atom stereocenters. The van der Waals surface area contributed by atoms with Crippen molar-refractivity contribution in [1.29, 1.82) is 0 Å². The molecule has 0 saturated heterocycles. The Kier molecular flexibility index (Phi) is 7.94. The minimum atomic E-state index is -4.73. The summed E-state index contributed by atoms with van der Waals surface area (Å²) in [6.07, 6.45) is -4.22. The Labute approximate surface area is 159 Å². The molecule has 9 heteroatoms. The second-order valence-corrected chi connectivity index (χ2v) is 4.84. The maximum absolute atomic E-state index is 13.0. The molecule has 0 fully saturated rings. The molecule has 3 N–H and O–H groups in total. The third-order valence-corrected chi connectivity index (χ3v) is 2.93. The lowest BCUT2D eigenvalue weighted by Gasteiger charge is -2.10. The number of hydrogen-bond donors (Lipinski definition) is 2. The minimum absolute atomic E-state index is 0. The molecule has 0 saturated carbocycles. The van der Waals surface area contributed by atoms with Gasteiger partial charge in [0.2, 0.25) is 0 Å². The summed E-state index contributed by atoms with van der Waals surface area (Å²) in [6, 6.07) is 11.3. The molecule has 0 aliphatic carbocycles. The van der Waals surface area contributed by atoms with Crippen LogP contribution in [0.4, 0.5) is 23.2 Å². The SMILES string of the molecule is I.NC(=NCCc1cccc(F)c1)Nc1ccc(OC(F)(F)F)cc1. The van der Waals surface area contributed by atoms with Crippen LogP contribution in [0.25, 0.3) is 0 Å². The molecule has 2 aromatic carbocycles. The van der Waals surface area contributed by atoms with Crippen LogP contribution in [0.15, 0.2) is 53.5 Å². The number of nitrogens with two attached hydrogens (primary N) is 1. The van der Waals surface area contributed by atoms with Gasteiger partial charge in [-0.15, -0.1) is 37.1 Å². The number of aliphatic imine (C=N–C) groups is 1. The van der Waals surface area contributed by atoms with Gasteiger partial charge in [-0.1, -0.05) is 12.1 Å². The van der Waals surface area contributed by atoms with Crippen LogP contribution in [0, 0.1) is 5.82 Å². The van der Waals surface area contributed by atoms with Gasteiger partial charge in [-0.25, -0.2) is 4.39 Å². The van der Waals surface area contributed by atoms with E-state index in [0.29, 0.717) is 18.7 Å². The number of nitrogens with zero attached hydrogens (tertiary/aromatic N) is 1. The average Bonchev–Trinajstić information content (AvgIpc) is 2.48. The predicted molar refractivity (Wildman–Crippen MR) is 98.8 cm³/mol. The van der Waals surface area contributed by atoms with E-state index in [4.69, 9.17) is 5.73 Å². The highest BCUT2D eigenvalue weighted by molar-refractivity contribution is 14.0. The molecule has 4 nitrogen and oxygen atoms in total. The van der Waals surface area contributed by atoms with Crippen molar-refractivity contribution in [3.8, 4) is 5.75 Å². The number of alkyl halides is 3. The van der Waals surface area contributed by atoms with Gasteiger partial charge in [0.05, 0.1) is 0 Å². The molecule has 0 bridgehead atoms. The molecular weight excluding hydrogens is 453 g/mol. The maximum atomic E-state index is 13.0. The van der Waals surface area contributed by atoms with E-state index in [1.54, 1.807) is 12.1 Å². The lowest BCUT2D eigenvalue weighted by Crippen LogP contribution is -2.23. The van der Waals surface area contributed by atoms with Crippen LogP contribution in [-0.4, -0.2) is 18.9 Å². The fraction of sp³-hybridized carbons (Fsp3) is 0.188. The molecule has 2 aromatic rings. The van der Waals surface area contributed by atoms with E-state index in [1.165, 1.54) is 24.3 Å². The number of ether oxygens (including phenoxy) is 1. The summed E-state index contributed by atoms with van der Waals surface area (Å²) in [5, 5.41) is 2.75. The highest BCUT2D eigenvalue weighted by Gasteiger charge is 2.30. The van der Waals surface area contributed by atoms with Crippen molar-refractivity contribution in [1.82, 2.24) is 0 Å². The molecule has 0 spiro atoms. The van der Waals surface area contributed by atoms with E-state index in [2.05, 4.69) is 15.0 Å². The average molecular weight is 469 g/mol. The highest BCUT2D eigenvalue weighted by atomic mass is 127. The van der Waals surface area contributed by atoms with Gasteiger partial charge in [-0.2, -0.15) is 0 Å². The fourth-order valence-electron chi connectivity index (χ4n) is 1.93. The first-order valence-electron chi connectivity index (χ1n) is 6.99. The van der Waals surface area contributed by atoms with Crippen molar-refractivity contribution in [2.24, 2.45) is 10.7 Å². The summed E-state index contributed by atoms with van der Waals surface area (Å²) in [5.74, 6) is -0.533. The molecule has 0 aromatic heterocycles. The van der Waals surface area contributed by atoms with Gasteiger partial charge in [0.1, 0.15) is 11.6 Å². The number of anilines is 1. The van der Waals surface area contributed by atoms with Crippen LogP contribution >= 0.6 is 24.0 Å². The van der Waals surface area contributed by atoms with E-state index in [9.17, 15) is 17.6 Å². The van der Waals surface area contributed by atoms with Crippen LogP contribution in [-0.2, 0) is 6.42 Å². The van der Waals surface area contributed by atoms with Crippen LogP contribution in [0.3, 0.4) is 0 Å². The van der Waals surface area contributed by atoms with Crippen molar-refractivity contribution in [3.05, 3.63) is 59.9 Å².